The van der Waals surface area contributed by atoms with Crippen molar-refractivity contribution < 1.29 is 9.53 Å². The summed E-state index contributed by atoms with van der Waals surface area (Å²) >= 11 is 0. The largest absolute Gasteiger partial charge is 0.497 e. The van der Waals surface area contributed by atoms with Gasteiger partial charge in [0.05, 0.1) is 18.3 Å². The van der Waals surface area contributed by atoms with Crippen LogP contribution < -0.4 is 4.74 Å². The van der Waals surface area contributed by atoms with Gasteiger partial charge in [0.15, 0.2) is 0 Å². The number of carbonyl (C=O) groups is 1. The molecule has 180 valence electrons. The number of nitrogens with one attached hydrogen (secondary N) is 1. The van der Waals surface area contributed by atoms with Crippen molar-refractivity contribution in [3.05, 3.63) is 95.2 Å². The lowest BCUT2D eigenvalue weighted by molar-refractivity contribution is -0.119. The number of fused-ring (bicyclic) bond motifs is 1. The van der Waals surface area contributed by atoms with E-state index in [2.05, 4.69) is 71.7 Å². The second kappa shape index (κ2) is 11.6. The van der Waals surface area contributed by atoms with Crippen LogP contribution in [0.1, 0.15) is 35.2 Å². The van der Waals surface area contributed by atoms with Crippen LogP contribution in [0.15, 0.2) is 72.8 Å². The molecule has 0 amide bonds. The van der Waals surface area contributed by atoms with Crippen LogP contribution in [0.25, 0.3) is 23.1 Å². The Labute approximate surface area is 207 Å². The third kappa shape index (κ3) is 7.14. The first-order valence-electron chi connectivity index (χ1n) is 12.0. The molecular weight excluding hydrogens is 434 g/mol. The number of aromatic amines is 1. The highest BCUT2D eigenvalue weighted by Crippen LogP contribution is 2.31. The summed E-state index contributed by atoms with van der Waals surface area (Å²) in [4.78, 5) is 13.7. The molecule has 5 nitrogen and oxygen atoms in total. The van der Waals surface area contributed by atoms with E-state index < -0.39 is 0 Å². The maximum Gasteiger partial charge on any atom is 0.140 e. The Kier molecular flexibility index (Phi) is 8.11. The molecular formula is C30H33N3O2. The normalized spacial score (nSPS) is 13.1. The molecule has 1 aliphatic carbocycles. The Bertz CT molecular complexity index is 1280. The molecule has 5 rings (SSSR count). The predicted octanol–water partition coefficient (Wildman–Crippen LogP) is 6.01. The molecule has 1 heterocycles. The van der Waals surface area contributed by atoms with Crippen LogP contribution in [0.3, 0.4) is 0 Å². The van der Waals surface area contributed by atoms with Gasteiger partial charge in [0.25, 0.3) is 0 Å². The Morgan fingerprint density at radius 1 is 1.00 bits per heavy atom. The molecule has 0 radical (unpaired) electrons. The van der Waals surface area contributed by atoms with Crippen molar-refractivity contribution >= 4 is 28.8 Å². The minimum atomic E-state index is 0.358. The van der Waals surface area contributed by atoms with Crippen molar-refractivity contribution in [3.63, 3.8) is 0 Å². The SMILES string of the molecule is CN(C)Cc1cccc(/C=C/c2n[nH]c3ccccc23)c1.COc1ccc(CC(=O)C2CC2)cc1. The number of aromatic nitrogens is 2. The van der Waals surface area contributed by atoms with Gasteiger partial charge in [-0.3, -0.25) is 9.89 Å². The van der Waals surface area contributed by atoms with Crippen molar-refractivity contribution in [2.45, 2.75) is 25.8 Å². The van der Waals surface area contributed by atoms with Gasteiger partial charge in [0.2, 0.25) is 0 Å². The lowest BCUT2D eigenvalue weighted by Gasteiger charge is -2.09. The summed E-state index contributed by atoms with van der Waals surface area (Å²) in [5.41, 5.74) is 5.64. The van der Waals surface area contributed by atoms with Crippen molar-refractivity contribution in [2.75, 3.05) is 21.2 Å². The van der Waals surface area contributed by atoms with E-state index in [1.165, 1.54) is 11.1 Å². The molecule has 4 aromatic rings. The number of benzene rings is 3. The standard InChI is InChI=1S/C18H19N3.C12H14O2/c1-21(2)13-15-7-5-6-14(12-15)10-11-18-16-8-3-4-9-17(16)19-20-18;1-14-11-6-2-9(3-7-11)8-12(13)10-4-5-10/h3-12H,13H2,1-2H3,(H,19,20);2-3,6-7,10H,4-5,8H2,1H3/b11-10+;. The number of Topliss-reactive ketones (excluding diaryl/α,β-unsaturated/α-hetero) is 1. The fraction of sp³-hybridized carbons (Fsp3) is 0.267. The van der Waals surface area contributed by atoms with E-state index >= 15 is 0 Å². The van der Waals surface area contributed by atoms with Crippen LogP contribution in [0, 0.1) is 5.92 Å². The highest BCUT2D eigenvalue weighted by molar-refractivity contribution is 5.89. The second-order valence-corrected chi connectivity index (χ2v) is 9.24. The van der Waals surface area contributed by atoms with E-state index in [9.17, 15) is 4.79 Å². The number of methoxy groups -OCH3 is 1. The van der Waals surface area contributed by atoms with Gasteiger partial charge in [0, 0.05) is 24.3 Å². The lowest BCUT2D eigenvalue weighted by atomic mass is 10.1. The van der Waals surface area contributed by atoms with E-state index in [1.807, 2.05) is 42.5 Å². The maximum absolute atomic E-state index is 11.5. The first-order chi connectivity index (χ1) is 17.0. The van der Waals surface area contributed by atoms with Gasteiger partial charge in [-0.25, -0.2) is 0 Å². The summed E-state index contributed by atoms with van der Waals surface area (Å²) in [6.45, 7) is 0.951. The minimum Gasteiger partial charge on any atom is -0.497 e. The molecule has 1 N–H and O–H groups in total. The number of nitrogens with zero attached hydrogens (tertiary/aromatic N) is 2. The summed E-state index contributed by atoms with van der Waals surface area (Å²) in [6, 6.07) is 24.5. The first-order valence-corrected chi connectivity index (χ1v) is 12.0. The van der Waals surface area contributed by atoms with E-state index in [1.54, 1.807) is 7.11 Å². The number of H-pyrrole nitrogens is 1. The number of para-hydroxylation sites is 1. The first kappa shape index (κ1) is 24.4. The lowest BCUT2D eigenvalue weighted by Crippen LogP contribution is -2.10. The Morgan fingerprint density at radius 3 is 2.49 bits per heavy atom. The van der Waals surface area contributed by atoms with Crippen LogP contribution in [-0.4, -0.2) is 42.1 Å². The van der Waals surface area contributed by atoms with Gasteiger partial charge in [0.1, 0.15) is 11.5 Å². The van der Waals surface area contributed by atoms with Gasteiger partial charge < -0.3 is 9.64 Å². The summed E-state index contributed by atoms with van der Waals surface area (Å²) in [7, 11) is 5.81. The molecule has 1 fully saturated rings. The van der Waals surface area contributed by atoms with Crippen LogP contribution in [-0.2, 0) is 17.8 Å². The minimum absolute atomic E-state index is 0.358. The van der Waals surface area contributed by atoms with Crippen molar-refractivity contribution in [2.24, 2.45) is 5.92 Å². The number of hydrogen-bond donors (Lipinski definition) is 1. The van der Waals surface area contributed by atoms with E-state index in [0.29, 0.717) is 18.1 Å². The van der Waals surface area contributed by atoms with Crippen LogP contribution in [0.4, 0.5) is 0 Å². The zero-order chi connectivity index (χ0) is 24.6. The molecule has 1 aromatic heterocycles. The smallest absolute Gasteiger partial charge is 0.140 e. The van der Waals surface area contributed by atoms with E-state index in [0.717, 1.165) is 47.3 Å². The quantitative estimate of drug-likeness (QED) is 0.345. The number of carbonyl (C=O) groups excluding carboxylic acids is 1. The number of ketones is 1. The molecule has 35 heavy (non-hydrogen) atoms. The molecule has 0 saturated heterocycles. The molecule has 0 unspecified atom stereocenters. The van der Waals surface area contributed by atoms with Crippen molar-refractivity contribution in [3.8, 4) is 5.75 Å². The van der Waals surface area contributed by atoms with Gasteiger partial charge >= 0.3 is 0 Å². The number of ether oxygens (including phenoxy) is 1. The average molecular weight is 468 g/mol. The average Bonchev–Trinajstić information content (AvgIpc) is 3.64. The zero-order valence-corrected chi connectivity index (χ0v) is 20.7. The number of rotatable bonds is 8. The Balaban J connectivity index is 0.000000179. The van der Waals surface area contributed by atoms with E-state index in [4.69, 9.17) is 4.74 Å². The molecule has 0 spiro atoms. The highest BCUT2D eigenvalue weighted by atomic mass is 16.5. The summed E-state index contributed by atoms with van der Waals surface area (Å²) in [6.07, 6.45) is 6.94. The summed E-state index contributed by atoms with van der Waals surface area (Å²) in [5.74, 6) is 1.58. The molecule has 5 heteroatoms. The van der Waals surface area contributed by atoms with Crippen molar-refractivity contribution in [1.82, 2.24) is 15.1 Å². The molecule has 1 saturated carbocycles. The Hall–Kier alpha value is -3.70. The third-order valence-corrected chi connectivity index (χ3v) is 5.95. The monoisotopic (exact) mass is 467 g/mol. The van der Waals surface area contributed by atoms with Crippen molar-refractivity contribution in [1.29, 1.82) is 0 Å². The molecule has 0 bridgehead atoms. The van der Waals surface area contributed by atoms with E-state index in [-0.39, 0.29) is 0 Å². The predicted molar refractivity (Wildman–Crippen MR) is 143 cm³/mol. The molecule has 3 aromatic carbocycles. The van der Waals surface area contributed by atoms with Gasteiger partial charge in [-0.2, -0.15) is 5.10 Å². The molecule has 0 atom stereocenters. The van der Waals surface area contributed by atoms with Crippen LogP contribution in [0.5, 0.6) is 5.75 Å². The van der Waals surface area contributed by atoms with Gasteiger partial charge in [-0.05, 0) is 67.9 Å². The fourth-order valence-electron chi connectivity index (χ4n) is 3.94. The number of hydrogen-bond acceptors (Lipinski definition) is 4. The Morgan fingerprint density at radius 2 is 1.77 bits per heavy atom. The fourth-order valence-corrected chi connectivity index (χ4v) is 3.94. The second-order valence-electron chi connectivity index (χ2n) is 9.24. The van der Waals surface area contributed by atoms with Gasteiger partial charge in [-0.1, -0.05) is 60.7 Å². The highest BCUT2D eigenvalue weighted by Gasteiger charge is 2.28. The summed E-state index contributed by atoms with van der Waals surface area (Å²) < 4.78 is 5.05. The molecule has 1 aliphatic rings. The summed E-state index contributed by atoms with van der Waals surface area (Å²) in [5, 5.41) is 8.57. The van der Waals surface area contributed by atoms with Gasteiger partial charge in [-0.15, -0.1) is 0 Å². The maximum atomic E-state index is 11.5. The molecule has 0 aliphatic heterocycles. The van der Waals surface area contributed by atoms with Crippen LogP contribution in [0.2, 0.25) is 0 Å². The third-order valence-electron chi connectivity index (χ3n) is 5.95. The topological polar surface area (TPSA) is 58.2 Å². The zero-order valence-electron chi connectivity index (χ0n) is 20.7. The van der Waals surface area contributed by atoms with Crippen LogP contribution >= 0.6 is 0 Å².